The molecule has 0 bridgehead atoms. The number of aryl methyl sites for hydroxylation is 1. The minimum absolute atomic E-state index is 0.0480. The number of sulfonamides is 1. The first-order chi connectivity index (χ1) is 15.9. The van der Waals surface area contributed by atoms with E-state index in [0.29, 0.717) is 30.9 Å². The van der Waals surface area contributed by atoms with Gasteiger partial charge in [0.15, 0.2) is 0 Å². The second kappa shape index (κ2) is 11.6. The van der Waals surface area contributed by atoms with Crippen LogP contribution in [0.15, 0.2) is 83.8 Å². The summed E-state index contributed by atoms with van der Waals surface area (Å²) in [5, 5.41) is 0. The molecule has 0 fully saturated rings. The summed E-state index contributed by atoms with van der Waals surface area (Å²) in [7, 11) is -2.27. The highest BCUT2D eigenvalue weighted by molar-refractivity contribution is 7.92. The van der Waals surface area contributed by atoms with Crippen molar-refractivity contribution < 1.29 is 22.3 Å². The number of halogens is 1. The zero-order valence-electron chi connectivity index (χ0n) is 18.4. The molecule has 0 aliphatic rings. The van der Waals surface area contributed by atoms with Crippen LogP contribution in [0.4, 0.5) is 10.1 Å². The predicted molar refractivity (Wildman–Crippen MR) is 126 cm³/mol. The van der Waals surface area contributed by atoms with E-state index in [1.807, 2.05) is 18.2 Å². The van der Waals surface area contributed by atoms with E-state index in [1.165, 1.54) is 29.8 Å². The van der Waals surface area contributed by atoms with Gasteiger partial charge in [0.05, 0.1) is 11.5 Å². The van der Waals surface area contributed by atoms with Crippen LogP contribution in [0, 0.1) is 5.82 Å². The summed E-state index contributed by atoms with van der Waals surface area (Å²) in [5.74, 6) is -0.660. The molecule has 0 aromatic heterocycles. The van der Waals surface area contributed by atoms with Crippen molar-refractivity contribution in [1.82, 2.24) is 4.90 Å². The highest BCUT2D eigenvalue weighted by atomic mass is 32.2. The van der Waals surface area contributed by atoms with Crippen molar-refractivity contribution in [3.8, 4) is 0 Å². The van der Waals surface area contributed by atoms with Crippen LogP contribution in [0.25, 0.3) is 0 Å². The fourth-order valence-electron chi connectivity index (χ4n) is 3.33. The van der Waals surface area contributed by atoms with Crippen molar-refractivity contribution >= 4 is 21.6 Å². The molecule has 0 aliphatic heterocycles. The van der Waals surface area contributed by atoms with Crippen molar-refractivity contribution in [3.63, 3.8) is 0 Å². The van der Waals surface area contributed by atoms with Crippen LogP contribution in [-0.4, -0.2) is 46.0 Å². The number of hydrogen-bond donors (Lipinski definition) is 1. The van der Waals surface area contributed by atoms with Crippen LogP contribution in [0.3, 0.4) is 0 Å². The number of carbonyl (C=O) groups is 1. The monoisotopic (exact) mass is 470 g/mol. The first-order valence-electron chi connectivity index (χ1n) is 10.6. The number of nitrogens with zero attached hydrogens (tertiary/aromatic N) is 1. The van der Waals surface area contributed by atoms with Gasteiger partial charge in [-0.25, -0.2) is 12.8 Å². The number of hydrogen-bond acceptors (Lipinski definition) is 4. The molecule has 0 spiro atoms. The van der Waals surface area contributed by atoms with E-state index in [-0.39, 0.29) is 10.8 Å². The Hall–Kier alpha value is -3.23. The van der Waals surface area contributed by atoms with Gasteiger partial charge >= 0.3 is 0 Å². The molecule has 1 amide bonds. The van der Waals surface area contributed by atoms with Crippen LogP contribution in [-0.2, 0) is 21.2 Å². The summed E-state index contributed by atoms with van der Waals surface area (Å²) < 4.78 is 45.6. The Kier molecular flexibility index (Phi) is 8.57. The van der Waals surface area contributed by atoms with Crippen LogP contribution in [0.5, 0.6) is 0 Å². The number of carbonyl (C=O) groups excluding carboxylic acids is 1. The van der Waals surface area contributed by atoms with E-state index in [2.05, 4.69) is 16.9 Å². The number of benzene rings is 3. The van der Waals surface area contributed by atoms with Crippen molar-refractivity contribution in [2.45, 2.75) is 17.7 Å². The van der Waals surface area contributed by atoms with E-state index in [1.54, 1.807) is 24.1 Å². The Morgan fingerprint density at radius 1 is 0.939 bits per heavy atom. The Morgan fingerprint density at radius 3 is 2.24 bits per heavy atom. The number of anilines is 1. The molecule has 0 radical (unpaired) electrons. The minimum Gasteiger partial charge on any atom is -0.383 e. The number of rotatable bonds is 11. The SMILES string of the molecule is COCCN(CCCc1ccccc1)C(=O)c1ccc(NS(=O)(=O)c2ccc(F)cc2)cc1. The Balaban J connectivity index is 1.64. The average Bonchev–Trinajstić information content (AvgIpc) is 2.82. The topological polar surface area (TPSA) is 75.7 Å². The summed E-state index contributed by atoms with van der Waals surface area (Å²) in [6.07, 6.45) is 1.68. The Labute approximate surface area is 194 Å². The third-order valence-electron chi connectivity index (χ3n) is 5.10. The van der Waals surface area contributed by atoms with Gasteiger partial charge < -0.3 is 9.64 Å². The zero-order chi connectivity index (χ0) is 23.7. The molecular formula is C25H27FN2O4S. The highest BCUT2D eigenvalue weighted by Crippen LogP contribution is 2.18. The molecule has 1 N–H and O–H groups in total. The molecule has 6 nitrogen and oxygen atoms in total. The number of methoxy groups -OCH3 is 1. The normalized spacial score (nSPS) is 11.2. The molecule has 3 aromatic carbocycles. The van der Waals surface area contributed by atoms with Gasteiger partial charge in [0, 0.05) is 31.5 Å². The molecule has 0 atom stereocenters. The van der Waals surface area contributed by atoms with E-state index >= 15 is 0 Å². The molecule has 0 aliphatic carbocycles. The quantitative estimate of drug-likeness (QED) is 0.452. The fourth-order valence-corrected chi connectivity index (χ4v) is 4.38. The lowest BCUT2D eigenvalue weighted by molar-refractivity contribution is 0.0693. The van der Waals surface area contributed by atoms with E-state index in [0.717, 1.165) is 25.0 Å². The summed E-state index contributed by atoms with van der Waals surface area (Å²) in [6, 6.07) is 20.9. The van der Waals surface area contributed by atoms with Gasteiger partial charge in [-0.15, -0.1) is 0 Å². The Bertz CT molecular complexity index is 1140. The molecule has 0 heterocycles. The molecule has 8 heteroatoms. The minimum atomic E-state index is -3.86. The maximum atomic E-state index is 13.1. The second-order valence-electron chi connectivity index (χ2n) is 7.51. The fraction of sp³-hybridized carbons (Fsp3) is 0.240. The van der Waals surface area contributed by atoms with Crippen LogP contribution in [0.1, 0.15) is 22.3 Å². The van der Waals surface area contributed by atoms with Gasteiger partial charge in [0.2, 0.25) is 0 Å². The van der Waals surface area contributed by atoms with Crippen molar-refractivity contribution in [1.29, 1.82) is 0 Å². The van der Waals surface area contributed by atoms with Gasteiger partial charge in [-0.05, 0) is 66.9 Å². The van der Waals surface area contributed by atoms with Crippen molar-refractivity contribution in [3.05, 3.63) is 95.8 Å². The second-order valence-corrected chi connectivity index (χ2v) is 9.19. The third-order valence-corrected chi connectivity index (χ3v) is 6.49. The molecule has 0 saturated carbocycles. The lowest BCUT2D eigenvalue weighted by Crippen LogP contribution is -2.35. The first-order valence-corrected chi connectivity index (χ1v) is 12.1. The van der Waals surface area contributed by atoms with Gasteiger partial charge in [-0.1, -0.05) is 30.3 Å². The van der Waals surface area contributed by atoms with Crippen LogP contribution in [0.2, 0.25) is 0 Å². The van der Waals surface area contributed by atoms with Gasteiger partial charge in [0.25, 0.3) is 15.9 Å². The van der Waals surface area contributed by atoms with Crippen LogP contribution < -0.4 is 4.72 Å². The standard InChI is InChI=1S/C25H27FN2O4S/c1-32-19-18-28(17-5-8-20-6-3-2-4-7-20)25(29)21-9-13-23(14-10-21)27-33(30,31)24-15-11-22(26)12-16-24/h2-4,6-7,9-16,27H,5,8,17-19H2,1H3. The van der Waals surface area contributed by atoms with Crippen LogP contribution >= 0.6 is 0 Å². The van der Waals surface area contributed by atoms with Crippen molar-refractivity contribution in [2.75, 3.05) is 31.5 Å². The van der Waals surface area contributed by atoms with E-state index in [9.17, 15) is 17.6 Å². The Morgan fingerprint density at radius 2 is 1.61 bits per heavy atom. The molecule has 0 unspecified atom stereocenters. The smallest absolute Gasteiger partial charge is 0.261 e. The zero-order valence-corrected chi connectivity index (χ0v) is 19.2. The van der Waals surface area contributed by atoms with E-state index in [4.69, 9.17) is 4.74 Å². The lowest BCUT2D eigenvalue weighted by Gasteiger charge is -2.22. The summed E-state index contributed by atoms with van der Waals surface area (Å²) in [6.45, 7) is 1.46. The largest absolute Gasteiger partial charge is 0.383 e. The molecule has 174 valence electrons. The van der Waals surface area contributed by atoms with Crippen molar-refractivity contribution in [2.24, 2.45) is 0 Å². The van der Waals surface area contributed by atoms with Gasteiger partial charge in [-0.3, -0.25) is 9.52 Å². The first kappa shape index (κ1) is 24.4. The third kappa shape index (κ3) is 7.13. The summed E-state index contributed by atoms with van der Waals surface area (Å²) in [5.41, 5.74) is 1.98. The number of amides is 1. The summed E-state index contributed by atoms with van der Waals surface area (Å²) in [4.78, 5) is 14.7. The molecule has 3 rings (SSSR count). The number of nitrogens with one attached hydrogen (secondary N) is 1. The maximum absolute atomic E-state index is 13.1. The van der Waals surface area contributed by atoms with E-state index < -0.39 is 15.8 Å². The van der Waals surface area contributed by atoms with Gasteiger partial charge in [-0.2, -0.15) is 0 Å². The molecule has 3 aromatic rings. The predicted octanol–water partition coefficient (Wildman–Crippen LogP) is 4.35. The van der Waals surface area contributed by atoms with Gasteiger partial charge in [0.1, 0.15) is 5.82 Å². The molecular weight excluding hydrogens is 443 g/mol. The molecule has 33 heavy (non-hydrogen) atoms. The maximum Gasteiger partial charge on any atom is 0.261 e. The lowest BCUT2D eigenvalue weighted by atomic mass is 10.1. The number of ether oxygens (including phenoxy) is 1. The average molecular weight is 471 g/mol. The molecule has 0 saturated heterocycles. The highest BCUT2D eigenvalue weighted by Gasteiger charge is 2.17. The summed E-state index contributed by atoms with van der Waals surface area (Å²) >= 11 is 0.